The van der Waals surface area contributed by atoms with E-state index >= 15 is 0 Å². The van der Waals surface area contributed by atoms with Gasteiger partial charge in [-0.3, -0.25) is 4.79 Å². The van der Waals surface area contributed by atoms with Crippen LogP contribution in [0.15, 0.2) is 88.9 Å². The summed E-state index contributed by atoms with van der Waals surface area (Å²) in [6.07, 6.45) is 4.86. The summed E-state index contributed by atoms with van der Waals surface area (Å²) in [6.45, 7) is 2.71. The van der Waals surface area contributed by atoms with Gasteiger partial charge in [-0.1, -0.05) is 37.3 Å². The normalized spacial score (nSPS) is 16.1. The number of carbonyl (C=O) groups excluding carboxylic acids is 1. The van der Waals surface area contributed by atoms with Crippen molar-refractivity contribution in [2.24, 2.45) is 4.99 Å². The molecule has 1 aromatic heterocycles. The average molecular weight is 456 g/mol. The summed E-state index contributed by atoms with van der Waals surface area (Å²) < 4.78 is 15.6. The molecule has 1 aliphatic rings. The van der Waals surface area contributed by atoms with Crippen molar-refractivity contribution >= 4 is 45.5 Å². The van der Waals surface area contributed by atoms with Crippen LogP contribution in [0.1, 0.15) is 23.6 Å². The Balaban J connectivity index is 1.35. The molecule has 0 saturated carbocycles. The molecule has 1 fully saturated rings. The van der Waals surface area contributed by atoms with Crippen LogP contribution in [0, 0.1) is 5.82 Å². The highest BCUT2D eigenvalue weighted by Gasteiger charge is 2.23. The zero-order valence-corrected chi connectivity index (χ0v) is 18.9. The molecule has 2 heterocycles. The van der Waals surface area contributed by atoms with E-state index < -0.39 is 0 Å². The number of amidine groups is 1. The fourth-order valence-corrected chi connectivity index (χ4v) is 4.68. The number of carbonyl (C=O) groups is 1. The lowest BCUT2D eigenvalue weighted by Crippen LogP contribution is -2.19. The number of nitrogens with zero attached hydrogens (tertiary/aromatic N) is 2. The summed E-state index contributed by atoms with van der Waals surface area (Å²) in [6, 6.07) is 22.8. The van der Waals surface area contributed by atoms with Crippen LogP contribution in [0.25, 0.3) is 17.0 Å². The molecule has 0 bridgehead atoms. The number of hydrogen-bond donors (Lipinski definition) is 1. The first-order chi connectivity index (χ1) is 16.1. The van der Waals surface area contributed by atoms with Crippen LogP contribution in [0.4, 0.5) is 10.1 Å². The second kappa shape index (κ2) is 9.08. The van der Waals surface area contributed by atoms with Crippen LogP contribution in [-0.4, -0.2) is 15.6 Å². The Morgan fingerprint density at radius 3 is 2.67 bits per heavy atom. The third-order valence-corrected chi connectivity index (χ3v) is 6.47. The first kappa shape index (κ1) is 21.2. The first-order valence-electron chi connectivity index (χ1n) is 10.8. The Morgan fingerprint density at radius 2 is 1.88 bits per heavy atom. The van der Waals surface area contributed by atoms with Crippen LogP contribution in [0.5, 0.6) is 0 Å². The minimum Gasteiger partial charge on any atom is -0.343 e. The van der Waals surface area contributed by atoms with Gasteiger partial charge in [-0.25, -0.2) is 9.38 Å². The summed E-state index contributed by atoms with van der Waals surface area (Å²) in [7, 11) is 0. The van der Waals surface area contributed by atoms with Crippen molar-refractivity contribution in [1.29, 1.82) is 0 Å². The molecule has 0 aliphatic carbocycles. The van der Waals surface area contributed by atoms with Gasteiger partial charge < -0.3 is 9.88 Å². The van der Waals surface area contributed by atoms with Crippen molar-refractivity contribution in [2.45, 2.75) is 19.9 Å². The van der Waals surface area contributed by atoms with E-state index in [0.717, 1.165) is 34.1 Å². The Bertz CT molecular complexity index is 1400. The maximum Gasteiger partial charge on any atom is 0.264 e. The van der Waals surface area contributed by atoms with Gasteiger partial charge in [0.1, 0.15) is 5.82 Å². The predicted octanol–water partition coefficient (Wildman–Crippen LogP) is 6.28. The molecule has 4 aromatic rings. The van der Waals surface area contributed by atoms with E-state index in [1.807, 2.05) is 60.8 Å². The Labute approximate surface area is 195 Å². The molecule has 1 N–H and O–H groups in total. The van der Waals surface area contributed by atoms with Gasteiger partial charge >= 0.3 is 0 Å². The van der Waals surface area contributed by atoms with E-state index in [4.69, 9.17) is 0 Å². The monoisotopic (exact) mass is 455 g/mol. The molecule has 3 aromatic carbocycles. The fraction of sp³-hybridized carbons (Fsp3) is 0.111. The minimum atomic E-state index is -0.230. The van der Waals surface area contributed by atoms with Gasteiger partial charge in [-0.15, -0.1) is 0 Å². The lowest BCUT2D eigenvalue weighted by atomic mass is 10.1. The fourth-order valence-electron chi connectivity index (χ4n) is 3.83. The summed E-state index contributed by atoms with van der Waals surface area (Å²) >= 11 is 1.34. The van der Waals surface area contributed by atoms with Gasteiger partial charge in [0.2, 0.25) is 0 Å². The number of halogens is 1. The largest absolute Gasteiger partial charge is 0.343 e. The van der Waals surface area contributed by atoms with E-state index in [9.17, 15) is 9.18 Å². The van der Waals surface area contributed by atoms with E-state index in [-0.39, 0.29) is 11.7 Å². The van der Waals surface area contributed by atoms with Crippen LogP contribution in [0.3, 0.4) is 0 Å². The van der Waals surface area contributed by atoms with Gasteiger partial charge in [0.05, 0.1) is 10.6 Å². The third kappa shape index (κ3) is 4.76. The number of amides is 1. The molecular formula is C27H22FN3OS. The Hall–Kier alpha value is -3.64. The molecule has 1 amide bonds. The van der Waals surface area contributed by atoms with Crippen molar-refractivity contribution in [3.05, 3.63) is 106 Å². The molecule has 0 unspecified atom stereocenters. The second-order valence-electron chi connectivity index (χ2n) is 7.89. The van der Waals surface area contributed by atoms with Crippen molar-refractivity contribution < 1.29 is 9.18 Å². The SMILES string of the molecule is CCc1ccc(N=C2NC(=O)/C(=C\c3ccc4c(ccn4Cc4cccc(F)c4)c3)S2)cc1. The van der Waals surface area contributed by atoms with Gasteiger partial charge in [-0.05, 0) is 83.4 Å². The highest BCUT2D eigenvalue weighted by molar-refractivity contribution is 8.18. The molecule has 1 aliphatic heterocycles. The lowest BCUT2D eigenvalue weighted by Gasteiger charge is -2.06. The van der Waals surface area contributed by atoms with Crippen molar-refractivity contribution in [3.8, 4) is 0 Å². The van der Waals surface area contributed by atoms with Crippen molar-refractivity contribution in [3.63, 3.8) is 0 Å². The maximum absolute atomic E-state index is 13.5. The number of hydrogen-bond acceptors (Lipinski definition) is 3. The smallest absolute Gasteiger partial charge is 0.264 e. The van der Waals surface area contributed by atoms with Crippen LogP contribution >= 0.6 is 11.8 Å². The molecule has 6 heteroatoms. The van der Waals surface area contributed by atoms with Gasteiger partial charge in [-0.2, -0.15) is 0 Å². The highest BCUT2D eigenvalue weighted by Crippen LogP contribution is 2.29. The zero-order valence-electron chi connectivity index (χ0n) is 18.1. The van der Waals surface area contributed by atoms with E-state index in [2.05, 4.69) is 27.9 Å². The molecule has 164 valence electrons. The quantitative estimate of drug-likeness (QED) is 0.360. The van der Waals surface area contributed by atoms with Crippen LogP contribution < -0.4 is 5.32 Å². The lowest BCUT2D eigenvalue weighted by molar-refractivity contribution is -0.115. The molecule has 33 heavy (non-hydrogen) atoms. The number of fused-ring (bicyclic) bond motifs is 1. The number of thioether (sulfide) groups is 1. The molecule has 5 rings (SSSR count). The number of aliphatic imine (C=N–C) groups is 1. The summed E-state index contributed by atoms with van der Waals surface area (Å²) in [5.74, 6) is -0.376. The predicted molar refractivity (Wildman–Crippen MR) is 134 cm³/mol. The number of aromatic nitrogens is 1. The Morgan fingerprint density at radius 1 is 1.03 bits per heavy atom. The molecule has 0 radical (unpaired) electrons. The summed E-state index contributed by atoms with van der Waals surface area (Å²) in [4.78, 5) is 17.6. The summed E-state index contributed by atoms with van der Waals surface area (Å²) in [5.41, 5.74) is 4.98. The highest BCUT2D eigenvalue weighted by atomic mass is 32.2. The average Bonchev–Trinajstić information content (AvgIpc) is 3.36. The summed E-state index contributed by atoms with van der Waals surface area (Å²) in [5, 5.41) is 4.49. The number of rotatable bonds is 5. The Kier molecular flexibility index (Phi) is 5.84. The second-order valence-corrected chi connectivity index (χ2v) is 8.92. The van der Waals surface area contributed by atoms with Gasteiger partial charge in [0.25, 0.3) is 5.91 Å². The van der Waals surface area contributed by atoms with E-state index in [1.165, 1.54) is 23.4 Å². The molecule has 0 spiro atoms. The minimum absolute atomic E-state index is 0.146. The van der Waals surface area contributed by atoms with Crippen molar-refractivity contribution in [1.82, 2.24) is 9.88 Å². The van der Waals surface area contributed by atoms with E-state index in [1.54, 1.807) is 12.1 Å². The first-order valence-corrected chi connectivity index (χ1v) is 11.6. The number of aryl methyl sites for hydroxylation is 1. The van der Waals surface area contributed by atoms with E-state index in [0.29, 0.717) is 16.6 Å². The molecule has 4 nitrogen and oxygen atoms in total. The number of benzene rings is 3. The number of nitrogens with one attached hydrogen (secondary N) is 1. The topological polar surface area (TPSA) is 46.4 Å². The van der Waals surface area contributed by atoms with Crippen LogP contribution in [0.2, 0.25) is 0 Å². The molecule has 1 saturated heterocycles. The van der Waals surface area contributed by atoms with Gasteiger partial charge in [0, 0.05) is 23.6 Å². The third-order valence-electron chi connectivity index (χ3n) is 5.56. The molecular weight excluding hydrogens is 433 g/mol. The van der Waals surface area contributed by atoms with Crippen LogP contribution in [-0.2, 0) is 17.8 Å². The molecule has 0 atom stereocenters. The van der Waals surface area contributed by atoms with Crippen molar-refractivity contribution in [2.75, 3.05) is 0 Å². The zero-order chi connectivity index (χ0) is 22.8. The standard InChI is InChI=1S/C27H22FN3OS/c1-2-18-6-9-23(10-7-18)29-27-30-26(32)25(33-27)16-19-8-11-24-21(14-19)12-13-31(24)17-20-4-3-5-22(28)15-20/h3-16H,2,17H2,1H3,(H,29,30,32)/b25-16+. The van der Waals surface area contributed by atoms with Gasteiger partial charge in [0.15, 0.2) is 5.17 Å². The maximum atomic E-state index is 13.5.